The highest BCUT2D eigenvalue weighted by molar-refractivity contribution is 7.08. The van der Waals surface area contributed by atoms with Gasteiger partial charge in [-0.2, -0.15) is 11.3 Å². The first-order valence-corrected chi connectivity index (χ1v) is 3.77. The van der Waals surface area contributed by atoms with Gasteiger partial charge in [-0.25, -0.2) is 0 Å². The van der Waals surface area contributed by atoms with E-state index >= 15 is 0 Å². The maximum atomic E-state index is 11.0. The van der Waals surface area contributed by atoms with Crippen molar-refractivity contribution >= 4 is 17.1 Å². The average molecular weight is 150 g/mol. The predicted octanol–water partition coefficient (Wildman–Crippen LogP) is 1.95. The zero-order valence-corrected chi connectivity index (χ0v) is 6.15. The van der Waals surface area contributed by atoms with Crippen LogP contribution < -0.4 is 0 Å². The van der Waals surface area contributed by atoms with E-state index in [4.69, 9.17) is 6.42 Å². The lowest BCUT2D eigenvalue weighted by Crippen LogP contribution is -1.93. The first-order chi connectivity index (χ1) is 4.84. The van der Waals surface area contributed by atoms with E-state index in [2.05, 4.69) is 5.92 Å². The molecule has 0 aliphatic rings. The van der Waals surface area contributed by atoms with Crippen molar-refractivity contribution in [1.82, 2.24) is 0 Å². The molecular weight excluding hydrogens is 144 g/mol. The third kappa shape index (κ3) is 1.46. The normalized spacial score (nSPS) is 8.70. The molecule has 0 bridgehead atoms. The van der Waals surface area contributed by atoms with E-state index in [1.165, 1.54) is 11.3 Å². The number of terminal acetylenes is 1. The van der Waals surface area contributed by atoms with Crippen LogP contribution >= 0.6 is 11.3 Å². The van der Waals surface area contributed by atoms with Gasteiger partial charge in [-0.1, -0.05) is 5.92 Å². The van der Waals surface area contributed by atoms with Crippen molar-refractivity contribution in [2.75, 3.05) is 0 Å². The van der Waals surface area contributed by atoms with Gasteiger partial charge in [0.25, 0.3) is 0 Å². The lowest BCUT2D eigenvalue weighted by atomic mass is 10.2. The summed E-state index contributed by atoms with van der Waals surface area (Å²) in [6, 6.07) is 1.78. The van der Waals surface area contributed by atoms with Crippen LogP contribution in [-0.2, 0) is 0 Å². The Labute approximate surface area is 63.7 Å². The van der Waals surface area contributed by atoms with Crippen molar-refractivity contribution in [3.8, 4) is 12.3 Å². The first kappa shape index (κ1) is 7.04. The van der Waals surface area contributed by atoms with Gasteiger partial charge in [0, 0.05) is 10.9 Å². The van der Waals surface area contributed by atoms with Gasteiger partial charge in [0.05, 0.1) is 6.42 Å². The Hall–Kier alpha value is -1.07. The highest BCUT2D eigenvalue weighted by atomic mass is 32.1. The van der Waals surface area contributed by atoms with Crippen LogP contribution in [0.25, 0.3) is 0 Å². The minimum absolute atomic E-state index is 0.0313. The van der Waals surface area contributed by atoms with E-state index in [1.54, 1.807) is 11.4 Å². The quantitative estimate of drug-likeness (QED) is 0.465. The molecule has 2 heteroatoms. The second-order valence-electron chi connectivity index (χ2n) is 1.82. The molecule has 0 aliphatic carbocycles. The molecule has 1 heterocycles. The molecule has 10 heavy (non-hydrogen) atoms. The second-order valence-corrected chi connectivity index (χ2v) is 2.60. The zero-order chi connectivity index (χ0) is 7.40. The molecule has 0 aromatic carbocycles. The summed E-state index contributed by atoms with van der Waals surface area (Å²) in [5.41, 5.74) is 0.725. The number of hydrogen-bond donors (Lipinski definition) is 0. The monoisotopic (exact) mass is 150 g/mol. The van der Waals surface area contributed by atoms with E-state index in [9.17, 15) is 4.79 Å². The summed E-state index contributed by atoms with van der Waals surface area (Å²) in [6.07, 6.45) is 5.17. The molecule has 0 N–H and O–H groups in total. The minimum Gasteiger partial charge on any atom is -0.293 e. The van der Waals surface area contributed by atoms with Crippen molar-refractivity contribution in [2.45, 2.75) is 6.42 Å². The number of rotatable bonds is 2. The summed E-state index contributed by atoms with van der Waals surface area (Å²) in [4.78, 5) is 11.0. The topological polar surface area (TPSA) is 17.1 Å². The number of carbonyl (C=O) groups is 1. The lowest BCUT2D eigenvalue weighted by Gasteiger charge is -1.86. The third-order valence-electron chi connectivity index (χ3n) is 1.11. The van der Waals surface area contributed by atoms with Crippen LogP contribution in [0.15, 0.2) is 16.8 Å². The van der Waals surface area contributed by atoms with Crippen LogP contribution in [0.1, 0.15) is 16.8 Å². The van der Waals surface area contributed by atoms with Crippen molar-refractivity contribution < 1.29 is 4.79 Å². The molecule has 0 aliphatic heterocycles. The van der Waals surface area contributed by atoms with Gasteiger partial charge < -0.3 is 0 Å². The average Bonchev–Trinajstić information content (AvgIpc) is 2.38. The Morgan fingerprint density at radius 1 is 1.80 bits per heavy atom. The fraction of sp³-hybridized carbons (Fsp3) is 0.125. The Morgan fingerprint density at radius 2 is 2.60 bits per heavy atom. The Bertz CT molecular complexity index is 253. The Balaban J connectivity index is 2.71. The smallest absolute Gasteiger partial charge is 0.175 e. The van der Waals surface area contributed by atoms with Crippen LogP contribution in [0.5, 0.6) is 0 Å². The number of ketones is 1. The lowest BCUT2D eigenvalue weighted by molar-refractivity contribution is 0.0998. The van der Waals surface area contributed by atoms with Crippen LogP contribution in [0, 0.1) is 12.3 Å². The maximum Gasteiger partial charge on any atom is 0.175 e. The Morgan fingerprint density at radius 3 is 3.10 bits per heavy atom. The van der Waals surface area contributed by atoms with Gasteiger partial charge in [-0.05, 0) is 11.4 Å². The van der Waals surface area contributed by atoms with Gasteiger partial charge in [0.15, 0.2) is 5.78 Å². The van der Waals surface area contributed by atoms with E-state index in [0.717, 1.165) is 5.56 Å². The van der Waals surface area contributed by atoms with Gasteiger partial charge in [0.2, 0.25) is 0 Å². The summed E-state index contributed by atoms with van der Waals surface area (Å²) < 4.78 is 0. The summed E-state index contributed by atoms with van der Waals surface area (Å²) in [6.45, 7) is 0. The second kappa shape index (κ2) is 3.19. The molecule has 0 atom stereocenters. The third-order valence-corrected chi connectivity index (χ3v) is 1.79. The van der Waals surface area contributed by atoms with Gasteiger partial charge >= 0.3 is 0 Å². The molecule has 0 spiro atoms. The minimum atomic E-state index is 0.0313. The van der Waals surface area contributed by atoms with Crippen LogP contribution in [0.4, 0.5) is 0 Å². The number of Topliss-reactive ketones (excluding diaryl/α,β-unsaturated/α-hetero) is 1. The number of carbonyl (C=O) groups excluding carboxylic acids is 1. The van der Waals surface area contributed by atoms with Crippen molar-refractivity contribution in [3.63, 3.8) is 0 Å². The summed E-state index contributed by atoms with van der Waals surface area (Å²) in [5, 5.41) is 3.67. The maximum absolute atomic E-state index is 11.0. The van der Waals surface area contributed by atoms with E-state index < -0.39 is 0 Å². The highest BCUT2D eigenvalue weighted by Crippen LogP contribution is 2.07. The van der Waals surface area contributed by atoms with Crippen molar-refractivity contribution in [2.24, 2.45) is 0 Å². The van der Waals surface area contributed by atoms with Gasteiger partial charge in [-0.3, -0.25) is 4.79 Å². The molecule has 1 rings (SSSR count). The molecule has 0 saturated carbocycles. The molecule has 1 aromatic heterocycles. The SMILES string of the molecule is C#CCC(=O)c1ccsc1. The molecule has 0 fully saturated rings. The predicted molar refractivity (Wildman–Crippen MR) is 42.1 cm³/mol. The van der Waals surface area contributed by atoms with E-state index in [0.29, 0.717) is 0 Å². The fourth-order valence-corrected chi connectivity index (χ4v) is 1.28. The molecule has 0 unspecified atom stereocenters. The number of thiophene rings is 1. The largest absolute Gasteiger partial charge is 0.293 e. The summed E-state index contributed by atoms with van der Waals surface area (Å²) in [5.74, 6) is 2.34. The molecular formula is C8H6OS. The van der Waals surface area contributed by atoms with Gasteiger partial charge in [-0.15, -0.1) is 6.42 Å². The molecule has 50 valence electrons. The van der Waals surface area contributed by atoms with Gasteiger partial charge in [0.1, 0.15) is 0 Å². The molecule has 0 radical (unpaired) electrons. The summed E-state index contributed by atoms with van der Waals surface area (Å²) in [7, 11) is 0. The van der Waals surface area contributed by atoms with E-state index in [1.807, 2.05) is 5.38 Å². The molecule has 0 saturated heterocycles. The fourth-order valence-electron chi connectivity index (χ4n) is 0.618. The van der Waals surface area contributed by atoms with Crippen molar-refractivity contribution in [1.29, 1.82) is 0 Å². The standard InChI is InChI=1S/C8H6OS/c1-2-3-8(9)7-4-5-10-6-7/h1,4-6H,3H2. The summed E-state index contributed by atoms with van der Waals surface area (Å²) >= 11 is 1.50. The molecule has 0 amide bonds. The van der Waals surface area contributed by atoms with Crippen molar-refractivity contribution in [3.05, 3.63) is 22.4 Å². The van der Waals surface area contributed by atoms with Crippen LogP contribution in [0.2, 0.25) is 0 Å². The Kier molecular flexibility index (Phi) is 2.24. The van der Waals surface area contributed by atoms with Crippen LogP contribution in [-0.4, -0.2) is 5.78 Å². The molecule has 1 aromatic rings. The molecule has 1 nitrogen and oxygen atoms in total. The zero-order valence-electron chi connectivity index (χ0n) is 5.33. The van der Waals surface area contributed by atoms with E-state index in [-0.39, 0.29) is 12.2 Å². The highest BCUT2D eigenvalue weighted by Gasteiger charge is 2.01. The van der Waals surface area contributed by atoms with Crippen LogP contribution in [0.3, 0.4) is 0 Å². The number of hydrogen-bond acceptors (Lipinski definition) is 2. The first-order valence-electron chi connectivity index (χ1n) is 2.83.